The first-order chi connectivity index (χ1) is 9.45. The topological polar surface area (TPSA) is 0 Å². The molecule has 124 valence electrons. The van der Waals surface area contributed by atoms with Crippen molar-refractivity contribution in [2.75, 3.05) is 0 Å². The van der Waals surface area contributed by atoms with Gasteiger partial charge in [0.2, 0.25) is 0 Å². The van der Waals surface area contributed by atoms with Crippen LogP contribution in [0.2, 0.25) is 0 Å². The summed E-state index contributed by atoms with van der Waals surface area (Å²) in [7, 11) is -0.446. The van der Waals surface area contributed by atoms with Gasteiger partial charge in [0.1, 0.15) is 0 Å². The molecule has 0 aromatic heterocycles. The molecular formula is C18H21Cl3P2. The second-order valence-corrected chi connectivity index (χ2v) is 6.56. The van der Waals surface area contributed by atoms with Gasteiger partial charge in [0, 0.05) is 0 Å². The van der Waals surface area contributed by atoms with Crippen molar-refractivity contribution in [3.05, 3.63) is 91.0 Å². The summed E-state index contributed by atoms with van der Waals surface area (Å²) in [6, 6.07) is 32.3. The van der Waals surface area contributed by atoms with Crippen LogP contribution < -0.4 is 15.9 Å². The van der Waals surface area contributed by atoms with Crippen molar-refractivity contribution in [2.24, 2.45) is 0 Å². The van der Waals surface area contributed by atoms with E-state index in [1.807, 2.05) is 0 Å². The third-order valence-corrected chi connectivity index (χ3v) is 5.49. The molecule has 0 aliphatic rings. The van der Waals surface area contributed by atoms with Crippen LogP contribution >= 0.6 is 55.0 Å². The average Bonchev–Trinajstić information content (AvgIpc) is 2.51. The molecule has 1 unspecified atom stereocenters. The Hall–Kier alpha value is -0.610. The van der Waals surface area contributed by atoms with Gasteiger partial charge in [0.25, 0.3) is 0 Å². The highest BCUT2D eigenvalue weighted by Crippen LogP contribution is 2.32. The lowest BCUT2D eigenvalue weighted by Gasteiger charge is -2.18. The van der Waals surface area contributed by atoms with Crippen LogP contribution in [0.25, 0.3) is 0 Å². The van der Waals surface area contributed by atoms with Gasteiger partial charge in [0.15, 0.2) is 0 Å². The van der Waals surface area contributed by atoms with Gasteiger partial charge >= 0.3 is 0 Å². The fourth-order valence-electron chi connectivity index (χ4n) is 2.18. The molecule has 1 atom stereocenters. The van der Waals surface area contributed by atoms with Gasteiger partial charge in [-0.3, -0.25) is 0 Å². The third-order valence-electron chi connectivity index (χ3n) is 3.04. The van der Waals surface area contributed by atoms with Crippen molar-refractivity contribution in [3.8, 4) is 0 Å². The van der Waals surface area contributed by atoms with Crippen LogP contribution in [0.4, 0.5) is 0 Å². The van der Waals surface area contributed by atoms with Crippen LogP contribution in [0.5, 0.6) is 0 Å². The van der Waals surface area contributed by atoms with Gasteiger partial charge in [-0.05, 0) is 23.8 Å². The van der Waals surface area contributed by atoms with E-state index in [1.165, 1.54) is 15.9 Å². The quantitative estimate of drug-likeness (QED) is 0.551. The molecule has 23 heavy (non-hydrogen) atoms. The number of rotatable bonds is 3. The molecule has 0 heterocycles. The van der Waals surface area contributed by atoms with Crippen molar-refractivity contribution in [3.63, 3.8) is 0 Å². The molecule has 0 aliphatic carbocycles. The zero-order valence-electron chi connectivity index (χ0n) is 12.5. The molecule has 0 aliphatic heterocycles. The molecule has 0 N–H and O–H groups in total. The van der Waals surface area contributed by atoms with Gasteiger partial charge in [-0.15, -0.1) is 37.2 Å². The second kappa shape index (κ2) is 12.8. The standard InChI is InChI=1S/C18H15P.3ClH.H3P/c1-4-10-16(11-5-1)19(17-12-6-2-7-13-17)18-14-8-3-9-15-18;;;;/h1-15H;3*1H;1H3. The molecule has 0 spiro atoms. The lowest BCUT2D eigenvalue weighted by molar-refractivity contribution is 1.74. The van der Waals surface area contributed by atoms with Gasteiger partial charge in [-0.25, -0.2) is 0 Å². The van der Waals surface area contributed by atoms with Crippen molar-refractivity contribution < 1.29 is 0 Å². The highest BCUT2D eigenvalue weighted by atomic mass is 35.5. The van der Waals surface area contributed by atoms with Crippen LogP contribution in [-0.4, -0.2) is 0 Å². The molecule has 0 radical (unpaired) electrons. The van der Waals surface area contributed by atoms with E-state index >= 15 is 0 Å². The highest BCUT2D eigenvalue weighted by molar-refractivity contribution is 7.79. The maximum absolute atomic E-state index is 2.23. The molecule has 5 heteroatoms. The van der Waals surface area contributed by atoms with Crippen LogP contribution in [0, 0.1) is 0 Å². The molecule has 3 aromatic carbocycles. The zero-order valence-corrected chi connectivity index (χ0v) is 17.3. The zero-order chi connectivity index (χ0) is 12.9. The van der Waals surface area contributed by atoms with Gasteiger partial charge in [-0.2, -0.15) is 9.90 Å². The molecule has 0 nitrogen and oxygen atoms in total. The number of hydrogen-bond acceptors (Lipinski definition) is 0. The molecule has 0 bridgehead atoms. The summed E-state index contributed by atoms with van der Waals surface area (Å²) in [5.41, 5.74) is 0. The maximum atomic E-state index is 2.23. The Kier molecular flexibility index (Phi) is 13.7. The number of hydrogen-bond donors (Lipinski definition) is 0. The minimum Gasteiger partial charge on any atom is -0.153 e. The monoisotopic (exact) mass is 404 g/mol. The van der Waals surface area contributed by atoms with E-state index in [0.29, 0.717) is 0 Å². The Morgan fingerprint density at radius 1 is 0.391 bits per heavy atom. The SMILES string of the molecule is Cl.Cl.Cl.P.c1ccc(P(c2ccccc2)c2ccccc2)cc1. The first-order valence-corrected chi connectivity index (χ1v) is 7.74. The molecule has 3 aromatic rings. The minimum atomic E-state index is -0.446. The second-order valence-electron chi connectivity index (χ2n) is 4.34. The Morgan fingerprint density at radius 2 is 0.609 bits per heavy atom. The van der Waals surface area contributed by atoms with Crippen molar-refractivity contribution in [1.82, 2.24) is 0 Å². The third kappa shape index (κ3) is 6.42. The molecular weight excluding hydrogens is 385 g/mol. The van der Waals surface area contributed by atoms with Crippen LogP contribution in [0.1, 0.15) is 0 Å². The van der Waals surface area contributed by atoms with Crippen molar-refractivity contribution in [1.29, 1.82) is 0 Å². The average molecular weight is 406 g/mol. The van der Waals surface area contributed by atoms with E-state index in [9.17, 15) is 0 Å². The molecule has 0 saturated heterocycles. The van der Waals surface area contributed by atoms with Crippen molar-refractivity contribution in [2.45, 2.75) is 0 Å². The predicted octanol–water partition coefficient (Wildman–Crippen LogP) is 4.77. The first-order valence-electron chi connectivity index (χ1n) is 6.40. The summed E-state index contributed by atoms with van der Waals surface area (Å²) >= 11 is 0. The van der Waals surface area contributed by atoms with E-state index in [1.54, 1.807) is 0 Å². The van der Waals surface area contributed by atoms with Gasteiger partial charge in [0.05, 0.1) is 0 Å². The summed E-state index contributed by atoms with van der Waals surface area (Å²) in [5.74, 6) is 0. The molecule has 0 amide bonds. The first kappa shape index (κ1) is 24.6. The van der Waals surface area contributed by atoms with E-state index in [0.717, 1.165) is 0 Å². The Labute approximate surface area is 161 Å². The molecule has 0 saturated carbocycles. The van der Waals surface area contributed by atoms with Crippen LogP contribution in [0.3, 0.4) is 0 Å². The highest BCUT2D eigenvalue weighted by Gasteiger charge is 2.14. The largest absolute Gasteiger partial charge is 0.153 e. The fraction of sp³-hybridized carbons (Fsp3) is 0. The molecule has 0 fully saturated rings. The van der Waals surface area contributed by atoms with Crippen LogP contribution in [-0.2, 0) is 0 Å². The van der Waals surface area contributed by atoms with E-state index < -0.39 is 7.92 Å². The van der Waals surface area contributed by atoms with E-state index in [2.05, 4.69) is 91.0 Å². The fourth-order valence-corrected chi connectivity index (χ4v) is 4.48. The summed E-state index contributed by atoms with van der Waals surface area (Å²) in [4.78, 5) is 0. The predicted molar refractivity (Wildman–Crippen MR) is 118 cm³/mol. The summed E-state index contributed by atoms with van der Waals surface area (Å²) in [6.45, 7) is 0. The summed E-state index contributed by atoms with van der Waals surface area (Å²) < 4.78 is 0. The Balaban J connectivity index is 0. The summed E-state index contributed by atoms with van der Waals surface area (Å²) in [5, 5.41) is 4.19. The van der Waals surface area contributed by atoms with E-state index in [-0.39, 0.29) is 47.1 Å². The number of benzene rings is 3. The smallest absolute Gasteiger partial charge is 0.0134 e. The van der Waals surface area contributed by atoms with E-state index in [4.69, 9.17) is 0 Å². The normalized spacial score (nSPS) is 8.74. The van der Waals surface area contributed by atoms with Gasteiger partial charge < -0.3 is 0 Å². The van der Waals surface area contributed by atoms with Gasteiger partial charge in [-0.1, -0.05) is 91.0 Å². The maximum Gasteiger partial charge on any atom is -0.0134 e. The van der Waals surface area contributed by atoms with Crippen LogP contribution in [0.15, 0.2) is 91.0 Å². The minimum absolute atomic E-state index is 0. The lowest BCUT2D eigenvalue weighted by Crippen LogP contribution is -2.20. The molecule has 3 rings (SSSR count). The lowest BCUT2D eigenvalue weighted by atomic mass is 10.4. The summed E-state index contributed by atoms with van der Waals surface area (Å²) in [6.07, 6.45) is 0. The van der Waals surface area contributed by atoms with Crippen molar-refractivity contribution >= 4 is 71.0 Å². The number of halogens is 3. The Morgan fingerprint density at radius 3 is 0.826 bits per heavy atom. The Bertz CT molecular complexity index is 540.